The van der Waals surface area contributed by atoms with E-state index in [0.29, 0.717) is 6.04 Å². The number of anilines is 1. The molecule has 2 nitrogen and oxygen atoms in total. The molecular weight excluding hydrogens is 251 g/mol. The van der Waals surface area contributed by atoms with Crippen molar-refractivity contribution in [2.24, 2.45) is 0 Å². The number of nitrogens with zero attached hydrogens (tertiary/aromatic N) is 1. The SMILES string of the molecule is CCCC1CCCCN1c1c(F)cccc1C(C)NC. The van der Waals surface area contributed by atoms with Crippen molar-refractivity contribution < 1.29 is 4.39 Å². The van der Waals surface area contributed by atoms with E-state index >= 15 is 0 Å². The second kappa shape index (κ2) is 7.07. The van der Waals surface area contributed by atoms with Crippen LogP contribution in [-0.2, 0) is 0 Å². The lowest BCUT2D eigenvalue weighted by atomic mass is 9.95. The molecule has 20 heavy (non-hydrogen) atoms. The zero-order chi connectivity index (χ0) is 14.5. The van der Waals surface area contributed by atoms with Crippen molar-refractivity contribution in [1.82, 2.24) is 5.32 Å². The summed E-state index contributed by atoms with van der Waals surface area (Å²) in [5, 5.41) is 3.24. The van der Waals surface area contributed by atoms with Crippen molar-refractivity contribution in [3.8, 4) is 0 Å². The van der Waals surface area contributed by atoms with Crippen LogP contribution in [0.4, 0.5) is 10.1 Å². The van der Waals surface area contributed by atoms with Gasteiger partial charge in [0.05, 0.1) is 5.69 Å². The lowest BCUT2D eigenvalue weighted by Gasteiger charge is -2.39. The zero-order valence-electron chi connectivity index (χ0n) is 13.0. The highest BCUT2D eigenvalue weighted by atomic mass is 19.1. The Morgan fingerprint density at radius 2 is 2.20 bits per heavy atom. The third kappa shape index (κ3) is 3.14. The summed E-state index contributed by atoms with van der Waals surface area (Å²) in [7, 11) is 1.93. The van der Waals surface area contributed by atoms with Crippen LogP contribution in [0, 0.1) is 5.82 Å². The summed E-state index contributed by atoms with van der Waals surface area (Å²) in [6.45, 7) is 5.29. The van der Waals surface area contributed by atoms with Crippen LogP contribution < -0.4 is 10.2 Å². The minimum Gasteiger partial charge on any atom is -0.366 e. The van der Waals surface area contributed by atoms with E-state index in [1.807, 2.05) is 13.1 Å². The van der Waals surface area contributed by atoms with Crippen LogP contribution in [-0.4, -0.2) is 19.6 Å². The van der Waals surface area contributed by atoms with Gasteiger partial charge in [0.25, 0.3) is 0 Å². The first kappa shape index (κ1) is 15.3. The van der Waals surface area contributed by atoms with Crippen molar-refractivity contribution >= 4 is 5.69 Å². The molecule has 2 atom stereocenters. The van der Waals surface area contributed by atoms with E-state index in [2.05, 4.69) is 30.1 Å². The summed E-state index contributed by atoms with van der Waals surface area (Å²) in [6.07, 6.45) is 5.94. The van der Waals surface area contributed by atoms with Crippen LogP contribution in [0.1, 0.15) is 57.6 Å². The van der Waals surface area contributed by atoms with Gasteiger partial charge in [0, 0.05) is 18.6 Å². The maximum atomic E-state index is 14.5. The van der Waals surface area contributed by atoms with Gasteiger partial charge in [0.2, 0.25) is 0 Å². The van der Waals surface area contributed by atoms with Gasteiger partial charge in [0.1, 0.15) is 5.82 Å². The Bertz CT molecular complexity index is 431. The fourth-order valence-electron chi connectivity index (χ4n) is 3.27. The Balaban J connectivity index is 2.38. The lowest BCUT2D eigenvalue weighted by Crippen LogP contribution is -2.41. The minimum atomic E-state index is -0.0763. The van der Waals surface area contributed by atoms with E-state index in [4.69, 9.17) is 0 Å². The second-order valence-electron chi connectivity index (χ2n) is 5.82. The molecule has 0 saturated carbocycles. The van der Waals surface area contributed by atoms with Crippen molar-refractivity contribution in [3.63, 3.8) is 0 Å². The largest absolute Gasteiger partial charge is 0.366 e. The van der Waals surface area contributed by atoms with Crippen LogP contribution in [0.5, 0.6) is 0 Å². The molecule has 3 heteroatoms. The first-order chi connectivity index (χ1) is 9.69. The van der Waals surface area contributed by atoms with Crippen LogP contribution in [0.2, 0.25) is 0 Å². The Morgan fingerprint density at radius 3 is 2.90 bits per heavy atom. The summed E-state index contributed by atoms with van der Waals surface area (Å²) in [5.74, 6) is -0.0763. The number of halogens is 1. The Labute approximate surface area is 122 Å². The van der Waals surface area contributed by atoms with Crippen molar-refractivity contribution in [1.29, 1.82) is 0 Å². The molecule has 1 aliphatic rings. The summed E-state index contributed by atoms with van der Waals surface area (Å²) >= 11 is 0. The van der Waals surface area contributed by atoms with E-state index in [1.165, 1.54) is 19.3 Å². The highest BCUT2D eigenvalue weighted by molar-refractivity contribution is 5.57. The molecule has 0 spiro atoms. The minimum absolute atomic E-state index is 0.0763. The molecule has 0 bridgehead atoms. The Hall–Kier alpha value is -1.09. The van der Waals surface area contributed by atoms with Gasteiger partial charge in [-0.1, -0.05) is 25.5 Å². The molecular formula is C17H27FN2. The molecule has 1 saturated heterocycles. The molecule has 0 aromatic heterocycles. The van der Waals surface area contributed by atoms with E-state index in [-0.39, 0.29) is 11.9 Å². The molecule has 0 aliphatic carbocycles. The predicted molar refractivity (Wildman–Crippen MR) is 83.8 cm³/mol. The number of hydrogen-bond acceptors (Lipinski definition) is 2. The third-order valence-corrected chi connectivity index (χ3v) is 4.45. The quantitative estimate of drug-likeness (QED) is 0.865. The molecule has 1 heterocycles. The average Bonchev–Trinajstić information content (AvgIpc) is 2.47. The van der Waals surface area contributed by atoms with Crippen LogP contribution in [0.15, 0.2) is 18.2 Å². The zero-order valence-corrected chi connectivity index (χ0v) is 13.0. The fraction of sp³-hybridized carbons (Fsp3) is 0.647. The van der Waals surface area contributed by atoms with Gasteiger partial charge in [-0.05, 0) is 51.3 Å². The van der Waals surface area contributed by atoms with Gasteiger partial charge < -0.3 is 10.2 Å². The molecule has 1 fully saturated rings. The molecule has 0 amide bonds. The molecule has 0 radical (unpaired) electrons. The van der Waals surface area contributed by atoms with E-state index < -0.39 is 0 Å². The number of hydrogen-bond donors (Lipinski definition) is 1. The van der Waals surface area contributed by atoms with Crippen LogP contribution in [0.3, 0.4) is 0 Å². The monoisotopic (exact) mass is 278 g/mol. The number of para-hydroxylation sites is 1. The topological polar surface area (TPSA) is 15.3 Å². The predicted octanol–water partition coefficient (Wildman–Crippen LogP) is 4.27. The number of nitrogens with one attached hydrogen (secondary N) is 1. The molecule has 1 aromatic carbocycles. The number of rotatable bonds is 5. The highest BCUT2D eigenvalue weighted by Gasteiger charge is 2.27. The summed E-state index contributed by atoms with van der Waals surface area (Å²) in [6, 6.07) is 6.13. The van der Waals surface area contributed by atoms with Crippen LogP contribution >= 0.6 is 0 Å². The van der Waals surface area contributed by atoms with Gasteiger partial charge in [0.15, 0.2) is 0 Å². The van der Waals surface area contributed by atoms with Crippen molar-refractivity contribution in [2.75, 3.05) is 18.5 Å². The Morgan fingerprint density at radius 1 is 1.40 bits per heavy atom. The summed E-state index contributed by atoms with van der Waals surface area (Å²) in [4.78, 5) is 2.32. The molecule has 112 valence electrons. The van der Waals surface area contributed by atoms with Gasteiger partial charge in [-0.15, -0.1) is 0 Å². The summed E-state index contributed by atoms with van der Waals surface area (Å²) < 4.78 is 14.5. The molecule has 2 unspecified atom stereocenters. The van der Waals surface area contributed by atoms with Crippen molar-refractivity contribution in [2.45, 2.75) is 58.0 Å². The van der Waals surface area contributed by atoms with Gasteiger partial charge >= 0.3 is 0 Å². The normalized spacial score (nSPS) is 21.0. The molecule has 1 aromatic rings. The number of piperidine rings is 1. The van der Waals surface area contributed by atoms with E-state index in [1.54, 1.807) is 6.07 Å². The molecule has 2 rings (SSSR count). The van der Waals surface area contributed by atoms with E-state index in [9.17, 15) is 4.39 Å². The van der Waals surface area contributed by atoms with Gasteiger partial charge in [-0.25, -0.2) is 4.39 Å². The third-order valence-electron chi connectivity index (χ3n) is 4.45. The number of benzene rings is 1. The maximum absolute atomic E-state index is 14.5. The average molecular weight is 278 g/mol. The van der Waals surface area contributed by atoms with Crippen molar-refractivity contribution in [3.05, 3.63) is 29.6 Å². The van der Waals surface area contributed by atoms with Gasteiger partial charge in [-0.2, -0.15) is 0 Å². The second-order valence-corrected chi connectivity index (χ2v) is 5.82. The molecule has 1 aliphatic heterocycles. The highest BCUT2D eigenvalue weighted by Crippen LogP contribution is 2.34. The van der Waals surface area contributed by atoms with Crippen LogP contribution in [0.25, 0.3) is 0 Å². The maximum Gasteiger partial charge on any atom is 0.146 e. The van der Waals surface area contributed by atoms with E-state index in [0.717, 1.165) is 30.6 Å². The first-order valence-electron chi connectivity index (χ1n) is 7.91. The lowest BCUT2D eigenvalue weighted by molar-refractivity contribution is 0.426. The molecule has 1 N–H and O–H groups in total. The first-order valence-corrected chi connectivity index (χ1v) is 7.91. The summed E-state index contributed by atoms with van der Waals surface area (Å²) in [5.41, 5.74) is 1.91. The Kier molecular flexibility index (Phi) is 5.41. The standard InChI is InChI=1S/C17H27FN2/c1-4-8-14-9-5-6-12-20(14)17-15(13(2)19-3)10-7-11-16(17)18/h7,10-11,13-14,19H,4-6,8-9,12H2,1-3H3. The smallest absolute Gasteiger partial charge is 0.146 e. The fourth-order valence-corrected chi connectivity index (χ4v) is 3.27. The van der Waals surface area contributed by atoms with Gasteiger partial charge in [-0.3, -0.25) is 0 Å².